The summed E-state index contributed by atoms with van der Waals surface area (Å²) in [7, 11) is 0. The normalized spacial score (nSPS) is 15.5. The van der Waals surface area contributed by atoms with Gasteiger partial charge in [-0.2, -0.15) is 0 Å². The van der Waals surface area contributed by atoms with Gasteiger partial charge in [0.1, 0.15) is 5.52 Å². The molecule has 0 saturated carbocycles. The molecule has 41 heavy (non-hydrogen) atoms. The fraction of sp³-hybridized carbons (Fsp3) is 0.258. The molecule has 1 atom stereocenters. The molecule has 5 aromatic rings. The molecule has 0 radical (unpaired) electrons. The number of carbonyl (C=O) groups is 2. The molecule has 2 amide bonds. The number of aromatic nitrogens is 4. The number of hydrogen-bond donors (Lipinski definition) is 0. The van der Waals surface area contributed by atoms with Crippen molar-refractivity contribution in [2.75, 3.05) is 25.4 Å². The Morgan fingerprint density at radius 3 is 2.59 bits per heavy atom. The third-order valence-corrected chi connectivity index (χ3v) is 8.51. The van der Waals surface area contributed by atoms with Crippen LogP contribution in [-0.4, -0.2) is 72.8 Å². The molecule has 1 unspecified atom stereocenters. The van der Waals surface area contributed by atoms with Gasteiger partial charge in [-0.25, -0.2) is 4.98 Å². The first-order valence-corrected chi connectivity index (χ1v) is 14.9. The van der Waals surface area contributed by atoms with E-state index in [-0.39, 0.29) is 23.6 Å². The Bertz CT molecular complexity index is 1760. The van der Waals surface area contributed by atoms with Crippen molar-refractivity contribution in [3.05, 3.63) is 94.5 Å². The fourth-order valence-corrected chi connectivity index (χ4v) is 6.19. The smallest absolute Gasteiger partial charge is 0.254 e. The lowest BCUT2D eigenvalue weighted by molar-refractivity contribution is -0.130. The monoisotopic (exact) mass is 584 g/mol. The largest absolute Gasteiger partial charge is 0.338 e. The number of para-hydroxylation sites is 1. The number of benzene rings is 3. The second-order valence-electron chi connectivity index (χ2n) is 10.3. The number of carbonyl (C=O) groups excluding carboxylic acids is 2. The molecule has 1 aliphatic rings. The topological polar surface area (TPSA) is 84.2 Å². The van der Waals surface area contributed by atoms with E-state index in [4.69, 9.17) is 16.6 Å². The van der Waals surface area contributed by atoms with Gasteiger partial charge in [0.2, 0.25) is 11.1 Å². The van der Waals surface area contributed by atoms with Gasteiger partial charge < -0.3 is 14.4 Å². The average Bonchev–Trinajstić information content (AvgIpc) is 3.28. The SMILES string of the molecule is Cc1ccc(C(=O)N2CCN(C(=O)CSc3nnc4c5ccccc5n(Cc5cccc(Cl)c5)c4n3)CC2C)cc1. The quantitative estimate of drug-likeness (QED) is 0.247. The van der Waals surface area contributed by atoms with Crippen LogP contribution in [0.5, 0.6) is 0 Å². The zero-order chi connectivity index (χ0) is 28.5. The molecule has 1 fully saturated rings. The zero-order valence-electron chi connectivity index (χ0n) is 22.8. The van der Waals surface area contributed by atoms with Crippen LogP contribution in [-0.2, 0) is 11.3 Å². The number of halogens is 1. The number of amides is 2. The minimum Gasteiger partial charge on any atom is -0.338 e. The Morgan fingerprint density at radius 2 is 1.80 bits per heavy atom. The van der Waals surface area contributed by atoms with Crippen LogP contribution in [0.15, 0.2) is 78.0 Å². The average molecular weight is 585 g/mol. The Kier molecular flexibility index (Phi) is 7.64. The second-order valence-corrected chi connectivity index (χ2v) is 11.7. The number of nitrogens with zero attached hydrogens (tertiary/aromatic N) is 6. The van der Waals surface area contributed by atoms with Gasteiger partial charge in [-0.3, -0.25) is 9.59 Å². The van der Waals surface area contributed by atoms with E-state index in [9.17, 15) is 9.59 Å². The van der Waals surface area contributed by atoms with Gasteiger partial charge in [-0.05, 0) is 49.7 Å². The predicted molar refractivity (Wildman–Crippen MR) is 162 cm³/mol. The lowest BCUT2D eigenvalue weighted by atomic mass is 10.1. The molecule has 6 rings (SSSR count). The summed E-state index contributed by atoms with van der Waals surface area (Å²) in [5.74, 6) is 0.188. The van der Waals surface area contributed by atoms with Crippen LogP contribution in [0.25, 0.3) is 22.1 Å². The van der Waals surface area contributed by atoms with Crippen molar-refractivity contribution in [1.82, 2.24) is 29.5 Å². The summed E-state index contributed by atoms with van der Waals surface area (Å²) in [6.45, 7) is 6.04. The third-order valence-electron chi connectivity index (χ3n) is 7.45. The molecule has 1 aliphatic heterocycles. The summed E-state index contributed by atoms with van der Waals surface area (Å²) >= 11 is 7.52. The Morgan fingerprint density at radius 1 is 1.00 bits per heavy atom. The predicted octanol–water partition coefficient (Wildman–Crippen LogP) is 5.45. The maximum Gasteiger partial charge on any atom is 0.254 e. The first-order chi connectivity index (χ1) is 19.9. The van der Waals surface area contributed by atoms with Crippen molar-refractivity contribution in [3.63, 3.8) is 0 Å². The lowest BCUT2D eigenvalue weighted by Crippen LogP contribution is -2.55. The molecule has 3 aromatic carbocycles. The van der Waals surface area contributed by atoms with E-state index in [1.807, 2.05) is 96.4 Å². The number of fused-ring (bicyclic) bond motifs is 3. The highest BCUT2D eigenvalue weighted by Gasteiger charge is 2.30. The Labute approximate surface area is 247 Å². The molecular formula is C31H29ClN6O2S. The van der Waals surface area contributed by atoms with Crippen molar-refractivity contribution < 1.29 is 9.59 Å². The van der Waals surface area contributed by atoms with E-state index in [0.29, 0.717) is 47.6 Å². The van der Waals surface area contributed by atoms with Crippen molar-refractivity contribution >= 4 is 57.2 Å². The van der Waals surface area contributed by atoms with E-state index in [2.05, 4.69) is 14.8 Å². The highest BCUT2D eigenvalue weighted by Crippen LogP contribution is 2.28. The Balaban J connectivity index is 1.15. The van der Waals surface area contributed by atoms with Gasteiger partial charge in [-0.1, -0.05) is 71.4 Å². The molecule has 0 N–H and O–H groups in total. The first-order valence-electron chi connectivity index (χ1n) is 13.5. The molecule has 10 heteroatoms. The minimum atomic E-state index is -0.0806. The molecule has 2 aromatic heterocycles. The standard InChI is InChI=1S/C31H29ClN6O2S/c1-20-10-12-23(13-11-20)30(40)37-15-14-36(17-21(37)2)27(39)19-41-31-33-29-28(34-35-31)25-8-3-4-9-26(25)38(29)18-22-6-5-7-24(32)16-22/h3-13,16,21H,14-15,17-19H2,1-2H3. The van der Waals surface area contributed by atoms with Crippen LogP contribution < -0.4 is 0 Å². The third kappa shape index (κ3) is 5.64. The van der Waals surface area contributed by atoms with Crippen LogP contribution in [0.4, 0.5) is 0 Å². The van der Waals surface area contributed by atoms with Gasteiger partial charge in [-0.15, -0.1) is 10.2 Å². The number of rotatable bonds is 6. The second kappa shape index (κ2) is 11.5. The van der Waals surface area contributed by atoms with Crippen LogP contribution in [0.3, 0.4) is 0 Å². The van der Waals surface area contributed by atoms with Crippen LogP contribution in [0.1, 0.15) is 28.4 Å². The zero-order valence-corrected chi connectivity index (χ0v) is 24.4. The van der Waals surface area contributed by atoms with Gasteiger partial charge in [0, 0.05) is 48.2 Å². The Hall–Kier alpha value is -3.95. The van der Waals surface area contributed by atoms with Crippen molar-refractivity contribution in [2.45, 2.75) is 31.6 Å². The van der Waals surface area contributed by atoms with Gasteiger partial charge >= 0.3 is 0 Å². The molecular weight excluding hydrogens is 556 g/mol. The number of hydrogen-bond acceptors (Lipinski definition) is 6. The van der Waals surface area contributed by atoms with Crippen LogP contribution >= 0.6 is 23.4 Å². The molecule has 3 heterocycles. The molecule has 0 bridgehead atoms. The van der Waals surface area contributed by atoms with E-state index < -0.39 is 0 Å². The van der Waals surface area contributed by atoms with Gasteiger partial charge in [0.25, 0.3) is 5.91 Å². The highest BCUT2D eigenvalue weighted by atomic mass is 35.5. The van der Waals surface area contributed by atoms with Gasteiger partial charge in [0.05, 0.1) is 11.3 Å². The molecule has 1 saturated heterocycles. The number of aryl methyl sites for hydroxylation is 1. The number of piperazine rings is 1. The van der Waals surface area contributed by atoms with Crippen molar-refractivity contribution in [3.8, 4) is 0 Å². The molecule has 0 aliphatic carbocycles. The summed E-state index contributed by atoms with van der Waals surface area (Å²) in [4.78, 5) is 34.7. The van der Waals surface area contributed by atoms with E-state index >= 15 is 0 Å². The van der Waals surface area contributed by atoms with Crippen molar-refractivity contribution in [2.24, 2.45) is 0 Å². The number of thioether (sulfide) groups is 1. The summed E-state index contributed by atoms with van der Waals surface area (Å²) in [6, 6.07) is 23.3. The molecule has 0 spiro atoms. The fourth-order valence-electron chi connectivity index (χ4n) is 5.29. The molecule has 208 valence electrons. The summed E-state index contributed by atoms with van der Waals surface area (Å²) in [5, 5.41) is 11.0. The first kappa shape index (κ1) is 27.2. The maximum atomic E-state index is 13.2. The summed E-state index contributed by atoms with van der Waals surface area (Å²) in [5.41, 5.74) is 5.29. The summed E-state index contributed by atoms with van der Waals surface area (Å²) in [6.07, 6.45) is 0. The van der Waals surface area contributed by atoms with Crippen molar-refractivity contribution in [1.29, 1.82) is 0 Å². The summed E-state index contributed by atoms with van der Waals surface area (Å²) < 4.78 is 2.11. The lowest BCUT2D eigenvalue weighted by Gasteiger charge is -2.40. The van der Waals surface area contributed by atoms with Crippen LogP contribution in [0, 0.1) is 6.92 Å². The van der Waals surface area contributed by atoms with Gasteiger partial charge in [0.15, 0.2) is 5.65 Å². The van der Waals surface area contributed by atoms with E-state index in [1.165, 1.54) is 11.8 Å². The molecule has 8 nitrogen and oxygen atoms in total. The highest BCUT2D eigenvalue weighted by molar-refractivity contribution is 7.99. The minimum absolute atomic E-state index is 0.0000798. The van der Waals surface area contributed by atoms with E-state index in [1.54, 1.807) is 0 Å². The maximum absolute atomic E-state index is 13.2. The van der Waals surface area contributed by atoms with E-state index in [0.717, 1.165) is 27.5 Å². The van der Waals surface area contributed by atoms with Crippen LogP contribution in [0.2, 0.25) is 5.02 Å².